The predicted molar refractivity (Wildman–Crippen MR) is 91.6 cm³/mol. The lowest BCUT2D eigenvalue weighted by atomic mass is 9.96. The highest BCUT2D eigenvalue weighted by atomic mass is 32.2. The van der Waals surface area contributed by atoms with E-state index in [0.29, 0.717) is 52.0 Å². The van der Waals surface area contributed by atoms with Gasteiger partial charge in [-0.05, 0) is 19.3 Å². The molecule has 9 heteroatoms. The summed E-state index contributed by atoms with van der Waals surface area (Å²) in [5.41, 5.74) is 0. The molecule has 0 aromatic rings. The van der Waals surface area contributed by atoms with Gasteiger partial charge in [-0.25, -0.2) is 12.7 Å². The lowest BCUT2D eigenvalue weighted by Crippen LogP contribution is -2.50. The van der Waals surface area contributed by atoms with Gasteiger partial charge in [-0.15, -0.1) is 0 Å². The number of carbonyl (C=O) groups excluding carboxylic acids is 1. The van der Waals surface area contributed by atoms with Crippen LogP contribution in [0.25, 0.3) is 0 Å². The van der Waals surface area contributed by atoms with Gasteiger partial charge in [-0.1, -0.05) is 13.3 Å². The van der Waals surface area contributed by atoms with Crippen LogP contribution in [0.4, 0.5) is 0 Å². The van der Waals surface area contributed by atoms with Gasteiger partial charge >= 0.3 is 5.97 Å². The molecule has 0 bridgehead atoms. The molecule has 0 aromatic heterocycles. The molecule has 25 heavy (non-hydrogen) atoms. The van der Waals surface area contributed by atoms with Crippen molar-refractivity contribution >= 4 is 21.9 Å². The van der Waals surface area contributed by atoms with E-state index < -0.39 is 22.1 Å². The minimum Gasteiger partial charge on any atom is -0.481 e. The van der Waals surface area contributed by atoms with Gasteiger partial charge in [-0.3, -0.25) is 9.59 Å². The van der Waals surface area contributed by atoms with Crippen LogP contribution in [-0.4, -0.2) is 79.2 Å². The number of piperidine rings is 1. The Labute approximate surface area is 149 Å². The summed E-state index contributed by atoms with van der Waals surface area (Å²) in [4.78, 5) is 25.1. The lowest BCUT2D eigenvalue weighted by molar-refractivity contribution is -0.150. The Hall–Kier alpha value is -1.19. The summed E-state index contributed by atoms with van der Waals surface area (Å²) in [6.45, 7) is 3.81. The fourth-order valence-electron chi connectivity index (χ4n) is 3.33. The summed E-state index contributed by atoms with van der Waals surface area (Å²) in [6, 6.07) is 0. The molecule has 2 fully saturated rings. The van der Waals surface area contributed by atoms with Crippen molar-refractivity contribution in [3.8, 4) is 0 Å². The van der Waals surface area contributed by atoms with Gasteiger partial charge in [-0.2, -0.15) is 0 Å². The van der Waals surface area contributed by atoms with Crippen molar-refractivity contribution in [3.63, 3.8) is 0 Å². The van der Waals surface area contributed by atoms with Gasteiger partial charge in [0.15, 0.2) is 0 Å². The van der Waals surface area contributed by atoms with Crippen LogP contribution >= 0.6 is 0 Å². The largest absolute Gasteiger partial charge is 0.481 e. The molecule has 2 heterocycles. The molecule has 1 amide bonds. The van der Waals surface area contributed by atoms with Crippen molar-refractivity contribution in [1.82, 2.24) is 9.21 Å². The van der Waals surface area contributed by atoms with Crippen LogP contribution in [-0.2, 0) is 24.3 Å². The molecule has 0 aromatic carbocycles. The van der Waals surface area contributed by atoms with Gasteiger partial charge in [0, 0.05) is 32.1 Å². The zero-order valence-corrected chi connectivity index (χ0v) is 15.5. The molecule has 0 aliphatic carbocycles. The highest BCUT2D eigenvalue weighted by Crippen LogP contribution is 2.23. The highest BCUT2D eigenvalue weighted by Gasteiger charge is 2.34. The van der Waals surface area contributed by atoms with Gasteiger partial charge in [0.25, 0.3) is 0 Å². The van der Waals surface area contributed by atoms with E-state index >= 15 is 0 Å². The smallest absolute Gasteiger partial charge is 0.306 e. The van der Waals surface area contributed by atoms with E-state index in [4.69, 9.17) is 9.84 Å². The van der Waals surface area contributed by atoms with Crippen LogP contribution < -0.4 is 0 Å². The lowest BCUT2D eigenvalue weighted by Gasteiger charge is -2.37. The molecule has 144 valence electrons. The number of carbonyl (C=O) groups is 2. The van der Waals surface area contributed by atoms with Crippen LogP contribution in [0.5, 0.6) is 0 Å². The standard InChI is InChI=1S/C16H28N2O6S/c1-2-3-10-25(22,23)18-6-4-13(5-7-18)16(21)17-8-9-24-14(12-17)11-15(19)20/h13-14H,2-12H2,1H3,(H,19,20). The van der Waals surface area contributed by atoms with Crippen LogP contribution in [0, 0.1) is 5.92 Å². The zero-order valence-electron chi connectivity index (χ0n) is 14.7. The third-order valence-corrected chi connectivity index (χ3v) is 6.76. The minimum atomic E-state index is -3.22. The molecular weight excluding hydrogens is 348 g/mol. The number of nitrogens with zero attached hydrogens (tertiary/aromatic N) is 2. The van der Waals surface area contributed by atoms with Crippen molar-refractivity contribution in [1.29, 1.82) is 0 Å². The second kappa shape index (κ2) is 8.95. The van der Waals surface area contributed by atoms with Gasteiger partial charge < -0.3 is 14.7 Å². The molecule has 0 saturated carbocycles. The minimum absolute atomic E-state index is 0.00991. The summed E-state index contributed by atoms with van der Waals surface area (Å²) in [7, 11) is -3.22. The number of rotatable bonds is 7. The molecule has 1 N–H and O–H groups in total. The van der Waals surface area contributed by atoms with Crippen LogP contribution in [0.2, 0.25) is 0 Å². The van der Waals surface area contributed by atoms with Crippen molar-refractivity contribution in [3.05, 3.63) is 0 Å². The van der Waals surface area contributed by atoms with Crippen molar-refractivity contribution in [2.24, 2.45) is 5.92 Å². The number of unbranched alkanes of at least 4 members (excludes halogenated alkanes) is 1. The number of carboxylic acids is 1. The van der Waals surface area contributed by atoms with E-state index in [1.165, 1.54) is 4.31 Å². The Balaban J connectivity index is 1.85. The number of ether oxygens (including phenoxy) is 1. The number of aliphatic carboxylic acids is 1. The molecule has 1 unspecified atom stereocenters. The number of hydrogen-bond acceptors (Lipinski definition) is 5. The van der Waals surface area contributed by atoms with Crippen molar-refractivity contribution in [2.75, 3.05) is 38.5 Å². The molecular formula is C16H28N2O6S. The third-order valence-electron chi connectivity index (χ3n) is 4.81. The fraction of sp³-hybridized carbons (Fsp3) is 0.875. The summed E-state index contributed by atoms with van der Waals surface area (Å²) in [5, 5.41) is 8.86. The third kappa shape index (κ3) is 5.65. The molecule has 2 aliphatic rings. The van der Waals surface area contributed by atoms with Crippen molar-refractivity contribution in [2.45, 2.75) is 45.1 Å². The maximum absolute atomic E-state index is 12.7. The molecule has 1 atom stereocenters. The summed E-state index contributed by atoms with van der Waals surface area (Å²) >= 11 is 0. The first kappa shape index (κ1) is 20.1. The maximum atomic E-state index is 12.7. The molecule has 8 nitrogen and oxygen atoms in total. The predicted octanol–water partition coefficient (Wildman–Crippen LogP) is 0.530. The van der Waals surface area contributed by atoms with Gasteiger partial charge in [0.2, 0.25) is 15.9 Å². The Morgan fingerprint density at radius 3 is 2.48 bits per heavy atom. The molecule has 2 aliphatic heterocycles. The number of sulfonamides is 1. The second-order valence-electron chi connectivity index (χ2n) is 6.72. The normalized spacial score (nSPS) is 23.6. The zero-order chi connectivity index (χ0) is 18.4. The quantitative estimate of drug-likeness (QED) is 0.695. The fourth-order valence-corrected chi connectivity index (χ4v) is 5.01. The van der Waals surface area contributed by atoms with Crippen LogP contribution in [0.3, 0.4) is 0 Å². The second-order valence-corrected chi connectivity index (χ2v) is 8.81. The number of amides is 1. The summed E-state index contributed by atoms with van der Waals surface area (Å²) in [5.74, 6) is -0.974. The molecule has 2 rings (SSSR count). The number of carboxylic acid groups (broad SMARTS) is 1. The topological polar surface area (TPSA) is 104 Å². The van der Waals surface area contributed by atoms with Gasteiger partial charge in [0.05, 0.1) is 24.9 Å². The first-order valence-corrected chi connectivity index (χ1v) is 10.5. The molecule has 2 saturated heterocycles. The summed E-state index contributed by atoms with van der Waals surface area (Å²) in [6.07, 6.45) is 1.95. The SMILES string of the molecule is CCCCS(=O)(=O)N1CCC(C(=O)N2CCOC(CC(=O)O)C2)CC1. The number of morpholine rings is 1. The highest BCUT2D eigenvalue weighted by molar-refractivity contribution is 7.89. The van der Waals surface area contributed by atoms with Crippen LogP contribution in [0.15, 0.2) is 0 Å². The Kier molecular flexibility index (Phi) is 7.21. The Bertz CT molecular complexity index is 571. The monoisotopic (exact) mass is 376 g/mol. The van der Waals surface area contributed by atoms with Gasteiger partial charge in [0.1, 0.15) is 0 Å². The van der Waals surface area contributed by atoms with Crippen molar-refractivity contribution < 1.29 is 27.9 Å². The Morgan fingerprint density at radius 2 is 1.88 bits per heavy atom. The first-order chi connectivity index (χ1) is 11.8. The van der Waals surface area contributed by atoms with E-state index in [2.05, 4.69) is 0 Å². The van der Waals surface area contributed by atoms with E-state index in [-0.39, 0.29) is 24.0 Å². The molecule has 0 radical (unpaired) electrons. The van der Waals surface area contributed by atoms with Crippen LogP contribution in [0.1, 0.15) is 39.0 Å². The van der Waals surface area contributed by atoms with E-state index in [1.54, 1.807) is 4.90 Å². The Morgan fingerprint density at radius 1 is 1.20 bits per heavy atom. The van der Waals surface area contributed by atoms with E-state index in [0.717, 1.165) is 6.42 Å². The average molecular weight is 376 g/mol. The van der Waals surface area contributed by atoms with E-state index in [9.17, 15) is 18.0 Å². The van der Waals surface area contributed by atoms with E-state index in [1.807, 2.05) is 6.92 Å². The first-order valence-electron chi connectivity index (χ1n) is 8.93. The average Bonchev–Trinajstić information content (AvgIpc) is 2.59. The maximum Gasteiger partial charge on any atom is 0.306 e. The molecule has 0 spiro atoms. The number of hydrogen-bond donors (Lipinski definition) is 1. The summed E-state index contributed by atoms with van der Waals surface area (Å²) < 4.78 is 31.3.